The summed E-state index contributed by atoms with van der Waals surface area (Å²) in [5.74, 6) is -0.570. The van der Waals surface area contributed by atoms with Crippen LogP contribution in [0.25, 0.3) is 11.4 Å². The number of alkyl halides is 2. The Morgan fingerprint density at radius 1 is 0.966 bits per heavy atom. The minimum atomic E-state index is -2.93. The number of hydrogen-bond acceptors (Lipinski definition) is 5. The van der Waals surface area contributed by atoms with Crippen LogP contribution in [0.1, 0.15) is 23.0 Å². The van der Waals surface area contributed by atoms with Gasteiger partial charge in [-0.1, -0.05) is 54.6 Å². The molecule has 148 valence electrons. The van der Waals surface area contributed by atoms with Gasteiger partial charge in [-0.25, -0.2) is 15.4 Å². The van der Waals surface area contributed by atoms with E-state index >= 15 is 0 Å². The van der Waals surface area contributed by atoms with E-state index in [-0.39, 0.29) is 23.5 Å². The van der Waals surface area contributed by atoms with E-state index in [2.05, 4.69) is 14.7 Å². The predicted octanol–water partition coefficient (Wildman–Crippen LogP) is 3.75. The zero-order chi connectivity index (χ0) is 20.4. The fourth-order valence-electron chi connectivity index (χ4n) is 3.70. The maximum atomic E-state index is 12.2. The van der Waals surface area contributed by atoms with Gasteiger partial charge in [0.25, 0.3) is 0 Å². The van der Waals surface area contributed by atoms with Gasteiger partial charge in [-0.3, -0.25) is 10.0 Å². The van der Waals surface area contributed by atoms with Crippen molar-refractivity contribution in [2.24, 2.45) is 5.92 Å². The minimum absolute atomic E-state index is 0.0174. The van der Waals surface area contributed by atoms with Crippen LogP contribution in [0.2, 0.25) is 0 Å². The highest BCUT2D eigenvalue weighted by Crippen LogP contribution is 2.60. The lowest BCUT2D eigenvalue weighted by atomic mass is 10.0. The number of carbonyl (C=O) groups is 1. The SMILES string of the molecule is O=C(NO)[C@@H]1[C@H](c2ccccc2)[C@H]1c1ccc(-c2ncc(OC(F)F)cn2)cc1. The van der Waals surface area contributed by atoms with E-state index in [1.165, 1.54) is 12.4 Å². The second-order valence-corrected chi connectivity index (χ2v) is 6.71. The first-order chi connectivity index (χ1) is 14.1. The Hall–Kier alpha value is -3.39. The van der Waals surface area contributed by atoms with Gasteiger partial charge in [0.15, 0.2) is 11.6 Å². The standard InChI is InChI=1S/C21H17F2N3O3/c22-21(23)29-15-10-24-19(25-11-15)14-8-6-13(7-9-14)17-16(18(17)20(27)26-28)12-4-2-1-3-5-12/h1-11,16-18,21,28H,(H,26,27)/t16-,17-,18-/m1/s1. The highest BCUT2D eigenvalue weighted by Gasteiger charge is 2.56. The summed E-state index contributed by atoms with van der Waals surface area (Å²) in [6, 6.07) is 17.1. The minimum Gasteiger partial charge on any atom is -0.432 e. The molecule has 2 N–H and O–H groups in total. The van der Waals surface area contributed by atoms with Crippen molar-refractivity contribution >= 4 is 5.91 Å². The van der Waals surface area contributed by atoms with Crippen LogP contribution in [0.3, 0.4) is 0 Å². The molecule has 4 rings (SSSR count). The third kappa shape index (κ3) is 3.93. The summed E-state index contributed by atoms with van der Waals surface area (Å²) in [5, 5.41) is 9.07. The van der Waals surface area contributed by atoms with Crippen molar-refractivity contribution in [3.8, 4) is 17.1 Å². The molecule has 3 atom stereocenters. The molecule has 0 spiro atoms. The van der Waals surface area contributed by atoms with Crippen molar-refractivity contribution < 1.29 is 23.5 Å². The van der Waals surface area contributed by atoms with Gasteiger partial charge in [0.2, 0.25) is 5.91 Å². The van der Waals surface area contributed by atoms with Crippen LogP contribution in [-0.2, 0) is 4.79 Å². The molecule has 1 aliphatic rings. The average Bonchev–Trinajstić information content (AvgIpc) is 3.50. The molecule has 0 aliphatic heterocycles. The summed E-state index contributed by atoms with van der Waals surface area (Å²) >= 11 is 0. The molecule has 0 saturated heterocycles. The van der Waals surface area contributed by atoms with Crippen molar-refractivity contribution in [2.45, 2.75) is 18.4 Å². The number of halogens is 2. The van der Waals surface area contributed by atoms with Crippen LogP contribution in [0.4, 0.5) is 8.78 Å². The smallest absolute Gasteiger partial charge is 0.387 e. The molecule has 0 radical (unpaired) electrons. The van der Waals surface area contributed by atoms with E-state index in [0.29, 0.717) is 11.4 Å². The molecule has 8 heteroatoms. The first-order valence-corrected chi connectivity index (χ1v) is 8.94. The Bertz CT molecular complexity index is 982. The van der Waals surface area contributed by atoms with E-state index in [1.54, 1.807) is 5.48 Å². The molecule has 0 bridgehead atoms. The molecule has 3 aromatic rings. The quantitative estimate of drug-likeness (QED) is 0.489. The van der Waals surface area contributed by atoms with E-state index in [0.717, 1.165) is 11.1 Å². The third-order valence-electron chi connectivity index (χ3n) is 5.02. The number of ether oxygens (including phenoxy) is 1. The molecule has 2 aromatic carbocycles. The van der Waals surface area contributed by atoms with Gasteiger partial charge in [0, 0.05) is 17.4 Å². The number of hydrogen-bond donors (Lipinski definition) is 2. The number of nitrogens with one attached hydrogen (secondary N) is 1. The summed E-state index contributed by atoms with van der Waals surface area (Å²) < 4.78 is 28.7. The molecule has 6 nitrogen and oxygen atoms in total. The molecule has 0 unspecified atom stereocenters. The Balaban J connectivity index is 1.54. The van der Waals surface area contributed by atoms with Gasteiger partial charge in [-0.2, -0.15) is 8.78 Å². The maximum Gasteiger partial charge on any atom is 0.387 e. The Morgan fingerprint density at radius 2 is 1.55 bits per heavy atom. The molecule has 1 aliphatic carbocycles. The normalized spacial score (nSPS) is 20.3. The highest BCUT2D eigenvalue weighted by molar-refractivity contribution is 5.84. The molecule has 1 fully saturated rings. The number of rotatable bonds is 6. The molecular formula is C21H17F2N3O3. The van der Waals surface area contributed by atoms with Crippen LogP contribution < -0.4 is 10.2 Å². The van der Waals surface area contributed by atoms with Gasteiger partial charge in [0.05, 0.1) is 18.3 Å². The van der Waals surface area contributed by atoms with Gasteiger partial charge in [-0.05, 0) is 11.1 Å². The fraction of sp³-hybridized carbons (Fsp3) is 0.190. The second kappa shape index (κ2) is 7.92. The van der Waals surface area contributed by atoms with Gasteiger partial charge < -0.3 is 4.74 Å². The lowest BCUT2D eigenvalue weighted by molar-refractivity contribution is -0.130. The number of nitrogens with zero attached hydrogens (tertiary/aromatic N) is 2. The van der Waals surface area contributed by atoms with Crippen LogP contribution in [0.15, 0.2) is 67.0 Å². The summed E-state index contributed by atoms with van der Waals surface area (Å²) in [6.07, 6.45) is 2.38. The van der Waals surface area contributed by atoms with Crippen molar-refractivity contribution in [1.29, 1.82) is 0 Å². The number of benzene rings is 2. The Labute approximate surface area is 165 Å². The number of carbonyl (C=O) groups excluding carboxylic acids is 1. The molecular weight excluding hydrogens is 380 g/mol. The van der Waals surface area contributed by atoms with E-state index < -0.39 is 12.5 Å². The summed E-state index contributed by atoms with van der Waals surface area (Å²) in [7, 11) is 0. The van der Waals surface area contributed by atoms with Crippen molar-refractivity contribution in [1.82, 2.24) is 15.4 Å². The number of amides is 1. The monoisotopic (exact) mass is 397 g/mol. The highest BCUT2D eigenvalue weighted by atomic mass is 19.3. The van der Waals surface area contributed by atoms with Gasteiger partial charge >= 0.3 is 6.61 Å². The summed E-state index contributed by atoms with van der Waals surface area (Å²) in [6.45, 7) is -2.93. The van der Waals surface area contributed by atoms with Gasteiger partial charge in [-0.15, -0.1) is 0 Å². The van der Waals surface area contributed by atoms with E-state index in [1.807, 2.05) is 54.6 Å². The average molecular weight is 397 g/mol. The van der Waals surface area contributed by atoms with E-state index in [4.69, 9.17) is 5.21 Å². The summed E-state index contributed by atoms with van der Waals surface area (Å²) in [4.78, 5) is 20.2. The Morgan fingerprint density at radius 3 is 2.10 bits per heavy atom. The molecule has 29 heavy (non-hydrogen) atoms. The van der Waals surface area contributed by atoms with Gasteiger partial charge in [0.1, 0.15) is 0 Å². The first kappa shape index (κ1) is 18.9. The molecule has 1 heterocycles. The second-order valence-electron chi connectivity index (χ2n) is 6.71. The van der Waals surface area contributed by atoms with Crippen molar-refractivity contribution in [3.05, 3.63) is 78.1 Å². The third-order valence-corrected chi connectivity index (χ3v) is 5.02. The lowest BCUT2D eigenvalue weighted by Gasteiger charge is -2.06. The largest absolute Gasteiger partial charge is 0.432 e. The van der Waals surface area contributed by atoms with Crippen LogP contribution in [0, 0.1) is 5.92 Å². The fourth-order valence-corrected chi connectivity index (χ4v) is 3.70. The maximum absolute atomic E-state index is 12.2. The molecule has 1 aromatic heterocycles. The van der Waals surface area contributed by atoms with Crippen LogP contribution in [0.5, 0.6) is 5.75 Å². The first-order valence-electron chi connectivity index (χ1n) is 8.94. The predicted molar refractivity (Wildman–Crippen MR) is 99.4 cm³/mol. The topological polar surface area (TPSA) is 84.3 Å². The summed E-state index contributed by atoms with van der Waals surface area (Å²) in [5.41, 5.74) is 4.45. The van der Waals surface area contributed by atoms with E-state index in [9.17, 15) is 13.6 Å². The van der Waals surface area contributed by atoms with Crippen LogP contribution in [-0.4, -0.2) is 27.7 Å². The molecule has 1 amide bonds. The van der Waals surface area contributed by atoms with Crippen molar-refractivity contribution in [3.63, 3.8) is 0 Å². The van der Waals surface area contributed by atoms with Crippen molar-refractivity contribution in [2.75, 3.05) is 0 Å². The number of aromatic nitrogens is 2. The zero-order valence-corrected chi connectivity index (χ0v) is 15.1. The zero-order valence-electron chi connectivity index (χ0n) is 15.1. The number of hydroxylamine groups is 1. The van der Waals surface area contributed by atoms with Crippen LogP contribution >= 0.6 is 0 Å². The molecule has 1 saturated carbocycles. The Kier molecular flexibility index (Phi) is 5.18. The lowest BCUT2D eigenvalue weighted by Crippen LogP contribution is -2.21.